The summed E-state index contributed by atoms with van der Waals surface area (Å²) in [6, 6.07) is 0. The largest absolute Gasteiger partial charge is 0.479 e. The zero-order valence-electron chi connectivity index (χ0n) is 13.4. The van der Waals surface area contributed by atoms with E-state index in [2.05, 4.69) is 10.3 Å². The molecule has 6 nitrogen and oxygen atoms in total. The zero-order chi connectivity index (χ0) is 17.0. The molecule has 8 heteroatoms. The van der Waals surface area contributed by atoms with Gasteiger partial charge in [0.15, 0.2) is 5.60 Å². The van der Waals surface area contributed by atoms with Gasteiger partial charge in [-0.3, -0.25) is 4.68 Å². The van der Waals surface area contributed by atoms with Crippen LogP contribution in [0.5, 0.6) is 0 Å². The molecule has 3 aliphatic rings. The first-order valence-corrected chi connectivity index (χ1v) is 8.44. The normalized spacial score (nSPS) is 30.9. The van der Waals surface area contributed by atoms with E-state index in [1.165, 1.54) is 0 Å². The van der Waals surface area contributed by atoms with E-state index in [4.69, 9.17) is 4.74 Å². The van der Waals surface area contributed by atoms with Gasteiger partial charge in [0.1, 0.15) is 0 Å². The fourth-order valence-electron chi connectivity index (χ4n) is 4.78. The third kappa shape index (κ3) is 2.70. The molecule has 1 aliphatic heterocycles. The second kappa shape index (κ2) is 5.21. The van der Waals surface area contributed by atoms with Crippen LogP contribution in [0.1, 0.15) is 44.2 Å². The standard InChI is InChI=1S/C16H21F2N3O3/c17-16(18)9-14(10-16)4-11(5-14)7-21-8-12(19-20-21)6-15(13(22)23)2-1-3-24-15/h8,11H,1-7,9-10H2,(H,22,23). The Hall–Kier alpha value is -1.57. The van der Waals surface area contributed by atoms with Crippen LogP contribution in [-0.2, 0) is 22.5 Å². The van der Waals surface area contributed by atoms with E-state index >= 15 is 0 Å². The van der Waals surface area contributed by atoms with Gasteiger partial charge in [-0.2, -0.15) is 0 Å². The highest BCUT2D eigenvalue weighted by molar-refractivity contribution is 5.78. The van der Waals surface area contributed by atoms with E-state index in [0.717, 1.165) is 19.3 Å². The van der Waals surface area contributed by atoms with Crippen molar-refractivity contribution in [2.45, 2.75) is 63.0 Å². The van der Waals surface area contributed by atoms with Crippen LogP contribution in [0.4, 0.5) is 8.78 Å². The number of carboxylic acids is 1. The second-order valence-corrected chi connectivity index (χ2v) is 7.84. The van der Waals surface area contributed by atoms with Crippen LogP contribution in [0.3, 0.4) is 0 Å². The van der Waals surface area contributed by atoms with Crippen molar-refractivity contribution < 1.29 is 23.4 Å². The van der Waals surface area contributed by atoms with Gasteiger partial charge in [0.05, 0.1) is 5.69 Å². The number of hydrogen-bond acceptors (Lipinski definition) is 4. The Morgan fingerprint density at radius 3 is 2.75 bits per heavy atom. The van der Waals surface area contributed by atoms with Gasteiger partial charge in [-0.05, 0) is 37.0 Å². The van der Waals surface area contributed by atoms with Crippen molar-refractivity contribution in [3.63, 3.8) is 0 Å². The summed E-state index contributed by atoms with van der Waals surface area (Å²) in [6.45, 7) is 1.11. The number of carbonyl (C=O) groups is 1. The zero-order valence-corrected chi connectivity index (χ0v) is 13.4. The number of ether oxygens (including phenoxy) is 1. The van der Waals surface area contributed by atoms with Crippen molar-refractivity contribution in [3.05, 3.63) is 11.9 Å². The number of alkyl halides is 2. The number of carboxylic acid groups (broad SMARTS) is 1. The average Bonchev–Trinajstić information content (AvgIpc) is 3.05. The third-order valence-corrected chi connectivity index (χ3v) is 5.70. The minimum atomic E-state index is -2.46. The Bertz CT molecular complexity index is 639. The van der Waals surface area contributed by atoms with Crippen molar-refractivity contribution in [2.75, 3.05) is 6.61 Å². The average molecular weight is 341 g/mol. The van der Waals surface area contributed by atoms with Crippen LogP contribution in [0.2, 0.25) is 0 Å². The van der Waals surface area contributed by atoms with Crippen LogP contribution < -0.4 is 0 Å². The minimum absolute atomic E-state index is 0.0254. The second-order valence-electron chi connectivity index (χ2n) is 7.84. The Kier molecular flexibility index (Phi) is 3.46. The molecule has 4 rings (SSSR count). The molecule has 1 unspecified atom stereocenters. The predicted octanol–water partition coefficient (Wildman–Crippen LogP) is 2.28. The van der Waals surface area contributed by atoms with E-state index in [-0.39, 0.29) is 24.7 Å². The molecule has 0 bridgehead atoms. The molecule has 1 spiro atoms. The van der Waals surface area contributed by atoms with E-state index < -0.39 is 17.5 Å². The fourth-order valence-corrected chi connectivity index (χ4v) is 4.78. The molecule has 2 aliphatic carbocycles. The summed E-state index contributed by atoms with van der Waals surface area (Å²) >= 11 is 0. The molecule has 2 saturated carbocycles. The first-order valence-electron chi connectivity index (χ1n) is 8.44. The van der Waals surface area contributed by atoms with Crippen LogP contribution in [0.15, 0.2) is 6.20 Å². The molecule has 2 heterocycles. The maximum Gasteiger partial charge on any atom is 0.336 e. The first-order chi connectivity index (χ1) is 11.3. The van der Waals surface area contributed by atoms with Crippen molar-refractivity contribution in [1.29, 1.82) is 0 Å². The molecule has 3 fully saturated rings. The van der Waals surface area contributed by atoms with Crippen LogP contribution >= 0.6 is 0 Å². The number of hydrogen-bond donors (Lipinski definition) is 1. The maximum atomic E-state index is 13.0. The number of aliphatic carboxylic acids is 1. The summed E-state index contributed by atoms with van der Waals surface area (Å²) in [7, 11) is 0. The monoisotopic (exact) mass is 341 g/mol. The third-order valence-electron chi connectivity index (χ3n) is 5.70. The van der Waals surface area contributed by atoms with E-state index in [1.807, 2.05) is 0 Å². The number of rotatable bonds is 5. The molecule has 24 heavy (non-hydrogen) atoms. The Morgan fingerprint density at radius 1 is 1.42 bits per heavy atom. The summed E-state index contributed by atoms with van der Waals surface area (Å²) in [5, 5.41) is 17.5. The van der Waals surface area contributed by atoms with Gasteiger partial charge in [0.2, 0.25) is 5.92 Å². The predicted molar refractivity (Wildman–Crippen MR) is 78.6 cm³/mol. The molecule has 0 radical (unpaired) electrons. The van der Waals surface area contributed by atoms with E-state index in [1.54, 1.807) is 10.9 Å². The van der Waals surface area contributed by atoms with Gasteiger partial charge in [0, 0.05) is 38.6 Å². The molecule has 0 aromatic carbocycles. The SMILES string of the molecule is O=C(O)C1(Cc2cn(CC3CC4(C3)CC(F)(F)C4)nn2)CCCO1. The van der Waals surface area contributed by atoms with Crippen molar-refractivity contribution in [2.24, 2.45) is 11.3 Å². The first kappa shape index (κ1) is 15.9. The molecule has 1 aromatic rings. The molecular formula is C16H21F2N3O3. The Labute approximate surface area is 138 Å². The lowest BCUT2D eigenvalue weighted by Crippen LogP contribution is -2.54. The topological polar surface area (TPSA) is 77.2 Å². The van der Waals surface area contributed by atoms with Crippen molar-refractivity contribution in [3.8, 4) is 0 Å². The smallest absolute Gasteiger partial charge is 0.336 e. The highest BCUT2D eigenvalue weighted by atomic mass is 19.3. The summed E-state index contributed by atoms with van der Waals surface area (Å²) in [5.41, 5.74) is -0.717. The van der Waals surface area contributed by atoms with E-state index in [9.17, 15) is 18.7 Å². The number of nitrogens with zero attached hydrogens (tertiary/aromatic N) is 3. The summed E-state index contributed by atoms with van der Waals surface area (Å²) in [5.74, 6) is -3.06. The highest BCUT2D eigenvalue weighted by Crippen LogP contribution is 2.64. The van der Waals surface area contributed by atoms with Gasteiger partial charge in [-0.25, -0.2) is 13.6 Å². The minimum Gasteiger partial charge on any atom is -0.479 e. The number of aromatic nitrogens is 3. The summed E-state index contributed by atoms with van der Waals surface area (Å²) < 4.78 is 33.2. The molecule has 1 saturated heterocycles. The fraction of sp³-hybridized carbons (Fsp3) is 0.812. The lowest BCUT2D eigenvalue weighted by atomic mass is 9.50. The van der Waals surface area contributed by atoms with Crippen LogP contribution in [0, 0.1) is 11.3 Å². The quantitative estimate of drug-likeness (QED) is 0.889. The molecule has 0 amide bonds. The Morgan fingerprint density at radius 2 is 2.17 bits per heavy atom. The molecular weight excluding hydrogens is 320 g/mol. The molecule has 1 N–H and O–H groups in total. The van der Waals surface area contributed by atoms with Crippen molar-refractivity contribution >= 4 is 5.97 Å². The summed E-state index contributed by atoms with van der Waals surface area (Å²) in [6.07, 6.45) is 4.87. The molecule has 1 atom stereocenters. The molecule has 132 valence electrons. The maximum absolute atomic E-state index is 13.0. The summed E-state index contributed by atoms with van der Waals surface area (Å²) in [4.78, 5) is 11.5. The van der Waals surface area contributed by atoms with Gasteiger partial charge in [-0.15, -0.1) is 5.10 Å². The lowest BCUT2D eigenvalue weighted by molar-refractivity contribution is -0.208. The van der Waals surface area contributed by atoms with Crippen molar-refractivity contribution in [1.82, 2.24) is 15.0 Å². The van der Waals surface area contributed by atoms with Crippen LogP contribution in [-0.4, -0.2) is 44.2 Å². The van der Waals surface area contributed by atoms with E-state index in [0.29, 0.717) is 31.2 Å². The van der Waals surface area contributed by atoms with Crippen LogP contribution in [0.25, 0.3) is 0 Å². The van der Waals surface area contributed by atoms with Gasteiger partial charge in [0.25, 0.3) is 0 Å². The highest BCUT2D eigenvalue weighted by Gasteiger charge is 2.61. The molecule has 1 aromatic heterocycles. The van der Waals surface area contributed by atoms with Gasteiger partial charge in [-0.1, -0.05) is 5.21 Å². The Balaban J connectivity index is 1.32. The number of halogens is 2. The lowest BCUT2D eigenvalue weighted by Gasteiger charge is -2.57. The van der Waals surface area contributed by atoms with Gasteiger partial charge >= 0.3 is 5.97 Å². The van der Waals surface area contributed by atoms with Gasteiger partial charge < -0.3 is 9.84 Å².